The summed E-state index contributed by atoms with van der Waals surface area (Å²) >= 11 is 0. The Hall–Kier alpha value is -5.21. The number of sulfonamides is 1. The Morgan fingerprint density at radius 2 is 1.75 bits per heavy atom. The van der Waals surface area contributed by atoms with E-state index in [1.54, 1.807) is 28.8 Å². The lowest BCUT2D eigenvalue weighted by atomic mass is 9.97. The lowest BCUT2D eigenvalue weighted by Gasteiger charge is -2.22. The van der Waals surface area contributed by atoms with Gasteiger partial charge in [0.05, 0.1) is 23.9 Å². The summed E-state index contributed by atoms with van der Waals surface area (Å²) in [5, 5.41) is 14.0. The maximum absolute atomic E-state index is 14.3. The second-order valence-electron chi connectivity index (χ2n) is 9.24. The van der Waals surface area contributed by atoms with Crippen LogP contribution in [-0.4, -0.2) is 29.2 Å². The third-order valence-electron chi connectivity index (χ3n) is 6.31. The van der Waals surface area contributed by atoms with Gasteiger partial charge in [-0.3, -0.25) is 14.1 Å². The number of nitrogens with one attached hydrogen (secondary N) is 2. The molecule has 0 aliphatic rings. The predicted octanol–water partition coefficient (Wildman–Crippen LogP) is 4.45. The first kappa shape index (κ1) is 26.4. The van der Waals surface area contributed by atoms with Crippen LogP contribution in [0.3, 0.4) is 0 Å². The Kier molecular flexibility index (Phi) is 6.94. The van der Waals surface area contributed by atoms with E-state index in [9.17, 15) is 18.5 Å². The van der Waals surface area contributed by atoms with Gasteiger partial charge in [-0.2, -0.15) is 10.2 Å². The smallest absolute Gasteiger partial charge is 0.263 e. The van der Waals surface area contributed by atoms with Crippen molar-refractivity contribution in [3.63, 3.8) is 0 Å². The maximum atomic E-state index is 14.3. The van der Waals surface area contributed by atoms with Crippen molar-refractivity contribution in [2.24, 2.45) is 0 Å². The predicted molar refractivity (Wildman–Crippen MR) is 157 cm³/mol. The van der Waals surface area contributed by atoms with Crippen LogP contribution in [0.4, 0.5) is 17.5 Å². The monoisotopic (exact) mass is 551 g/mol. The number of benzene rings is 3. The standard InChI is InChI=1S/C29H25N7O3S/c1-18(33-27-21(16-30)17-32-29(31)34-27)25-15-20-7-6-10-24(19-11-13-22(14-12-19)35-40(2,38)39)26(20)28(37)36(25)23-8-4-3-5-9-23/h3-15,17-18,35H,1-2H3,(H3,31,32,33,34)/t18-/m0/s1. The zero-order chi connectivity index (χ0) is 28.4. The van der Waals surface area contributed by atoms with Crippen LogP contribution in [-0.2, 0) is 10.0 Å². The summed E-state index contributed by atoms with van der Waals surface area (Å²) in [6, 6.07) is 25.3. The normalized spacial score (nSPS) is 12.0. The van der Waals surface area contributed by atoms with E-state index in [2.05, 4.69) is 26.1 Å². The minimum atomic E-state index is -3.42. The van der Waals surface area contributed by atoms with Gasteiger partial charge in [0, 0.05) is 17.1 Å². The summed E-state index contributed by atoms with van der Waals surface area (Å²) in [4.78, 5) is 22.3. The van der Waals surface area contributed by atoms with E-state index in [1.807, 2.05) is 61.5 Å². The Balaban J connectivity index is 1.68. The van der Waals surface area contributed by atoms with Crippen molar-refractivity contribution in [1.82, 2.24) is 14.5 Å². The molecule has 0 aliphatic carbocycles. The van der Waals surface area contributed by atoms with E-state index < -0.39 is 16.1 Å². The summed E-state index contributed by atoms with van der Waals surface area (Å²) in [5.41, 5.74) is 8.98. The van der Waals surface area contributed by atoms with E-state index in [1.165, 1.54) is 6.20 Å². The molecule has 0 aliphatic heterocycles. The molecule has 2 heterocycles. The summed E-state index contributed by atoms with van der Waals surface area (Å²) in [5.74, 6) is 0.293. The number of para-hydroxylation sites is 1. The fourth-order valence-electron chi connectivity index (χ4n) is 4.58. The fraction of sp³-hybridized carbons (Fsp3) is 0.103. The molecule has 4 N–H and O–H groups in total. The lowest BCUT2D eigenvalue weighted by Crippen LogP contribution is -2.26. The van der Waals surface area contributed by atoms with Crippen LogP contribution in [0.25, 0.3) is 27.6 Å². The number of nitrogens with two attached hydrogens (primary N) is 1. The zero-order valence-electron chi connectivity index (χ0n) is 21.7. The number of nitrogen functional groups attached to an aromatic ring is 1. The molecule has 5 aromatic rings. The highest BCUT2D eigenvalue weighted by atomic mass is 32.2. The largest absolute Gasteiger partial charge is 0.368 e. The number of aromatic nitrogens is 3. The first-order valence-corrected chi connectivity index (χ1v) is 14.2. The van der Waals surface area contributed by atoms with E-state index in [-0.39, 0.29) is 22.9 Å². The van der Waals surface area contributed by atoms with E-state index >= 15 is 0 Å². The first-order chi connectivity index (χ1) is 19.1. The molecule has 200 valence electrons. The molecule has 11 heteroatoms. The van der Waals surface area contributed by atoms with E-state index in [0.717, 1.165) is 17.2 Å². The quantitative estimate of drug-likeness (QED) is 0.268. The molecule has 2 aromatic heterocycles. The van der Waals surface area contributed by atoms with Gasteiger partial charge < -0.3 is 11.1 Å². The maximum Gasteiger partial charge on any atom is 0.263 e. The summed E-state index contributed by atoms with van der Waals surface area (Å²) in [6.45, 7) is 1.87. The van der Waals surface area contributed by atoms with Gasteiger partial charge in [0.25, 0.3) is 5.56 Å². The van der Waals surface area contributed by atoms with Crippen molar-refractivity contribution in [2.75, 3.05) is 22.0 Å². The number of anilines is 3. The number of nitriles is 1. The minimum absolute atomic E-state index is 0.0232. The van der Waals surface area contributed by atoms with Crippen LogP contribution in [0.2, 0.25) is 0 Å². The Morgan fingerprint density at radius 3 is 2.42 bits per heavy atom. The molecule has 40 heavy (non-hydrogen) atoms. The third-order valence-corrected chi connectivity index (χ3v) is 6.92. The van der Waals surface area contributed by atoms with Crippen molar-refractivity contribution in [3.8, 4) is 22.9 Å². The Labute approximate surface area is 230 Å². The Bertz CT molecular complexity index is 1930. The molecule has 0 fully saturated rings. The second kappa shape index (κ2) is 10.5. The number of fused-ring (bicyclic) bond motifs is 1. The van der Waals surface area contributed by atoms with Crippen LogP contribution in [0.15, 0.2) is 89.9 Å². The van der Waals surface area contributed by atoms with E-state index in [0.29, 0.717) is 28.0 Å². The van der Waals surface area contributed by atoms with Gasteiger partial charge in [-0.1, -0.05) is 48.5 Å². The molecule has 5 rings (SSSR count). The number of rotatable bonds is 7. The van der Waals surface area contributed by atoms with Gasteiger partial charge in [-0.15, -0.1) is 0 Å². The van der Waals surface area contributed by atoms with Crippen molar-refractivity contribution < 1.29 is 8.42 Å². The van der Waals surface area contributed by atoms with E-state index in [4.69, 9.17) is 5.73 Å². The molecule has 0 spiro atoms. The molecule has 0 bridgehead atoms. The van der Waals surface area contributed by atoms with Gasteiger partial charge in [0.2, 0.25) is 16.0 Å². The van der Waals surface area contributed by atoms with Crippen molar-refractivity contribution >= 4 is 38.2 Å². The van der Waals surface area contributed by atoms with Gasteiger partial charge in [0.1, 0.15) is 17.5 Å². The average molecular weight is 552 g/mol. The number of nitrogens with zero attached hydrogens (tertiary/aromatic N) is 4. The lowest BCUT2D eigenvalue weighted by molar-refractivity contribution is 0.607. The van der Waals surface area contributed by atoms with Crippen LogP contribution in [0.1, 0.15) is 24.2 Å². The molecule has 3 aromatic carbocycles. The minimum Gasteiger partial charge on any atom is -0.368 e. The molecule has 0 saturated heterocycles. The molecule has 0 unspecified atom stereocenters. The topological polar surface area (TPSA) is 156 Å². The zero-order valence-corrected chi connectivity index (χ0v) is 22.5. The molecule has 10 nitrogen and oxygen atoms in total. The van der Waals surface area contributed by atoms with Crippen LogP contribution in [0.5, 0.6) is 0 Å². The van der Waals surface area contributed by atoms with Crippen molar-refractivity contribution in [2.45, 2.75) is 13.0 Å². The summed E-state index contributed by atoms with van der Waals surface area (Å²) in [6.07, 6.45) is 2.44. The van der Waals surface area contributed by atoms with Crippen LogP contribution >= 0.6 is 0 Å². The molecule has 0 radical (unpaired) electrons. The Morgan fingerprint density at radius 1 is 1.02 bits per heavy atom. The van der Waals surface area contributed by atoms with Crippen LogP contribution in [0, 0.1) is 11.3 Å². The van der Waals surface area contributed by atoms with Gasteiger partial charge >= 0.3 is 0 Å². The van der Waals surface area contributed by atoms with Gasteiger partial charge in [-0.05, 0) is 53.8 Å². The number of pyridine rings is 1. The summed E-state index contributed by atoms with van der Waals surface area (Å²) < 4.78 is 27.3. The second-order valence-corrected chi connectivity index (χ2v) is 11.0. The molecule has 1 atom stereocenters. The first-order valence-electron chi connectivity index (χ1n) is 12.3. The third kappa shape index (κ3) is 5.34. The highest BCUT2D eigenvalue weighted by Crippen LogP contribution is 2.31. The molecule has 0 amide bonds. The molecular formula is C29H25N7O3S. The molecule has 0 saturated carbocycles. The van der Waals surface area contributed by atoms with Gasteiger partial charge in [-0.25, -0.2) is 13.4 Å². The number of hydrogen-bond acceptors (Lipinski definition) is 8. The molecular weight excluding hydrogens is 526 g/mol. The highest BCUT2D eigenvalue weighted by molar-refractivity contribution is 7.92. The summed E-state index contributed by atoms with van der Waals surface area (Å²) in [7, 11) is -3.42. The number of hydrogen-bond donors (Lipinski definition) is 3. The van der Waals surface area contributed by atoms with Crippen molar-refractivity contribution in [3.05, 3.63) is 107 Å². The SMILES string of the molecule is C[C@H](Nc1nc(N)ncc1C#N)c1cc2cccc(-c3ccc(NS(C)(=O)=O)cc3)c2c(=O)n1-c1ccccc1. The average Bonchev–Trinajstić information content (AvgIpc) is 2.93. The fourth-order valence-corrected chi connectivity index (χ4v) is 5.15. The van der Waals surface area contributed by atoms with Crippen molar-refractivity contribution in [1.29, 1.82) is 5.26 Å². The van der Waals surface area contributed by atoms with Gasteiger partial charge in [0.15, 0.2) is 0 Å². The van der Waals surface area contributed by atoms with Crippen LogP contribution < -0.4 is 21.3 Å². The highest BCUT2D eigenvalue weighted by Gasteiger charge is 2.20.